The molecular weight excluding hydrogens is 294 g/mol. The largest absolute Gasteiger partial charge is 0.299 e. The van der Waals surface area contributed by atoms with E-state index in [0.717, 1.165) is 35.0 Å². The lowest BCUT2D eigenvalue weighted by molar-refractivity contribution is -0.450. The predicted molar refractivity (Wildman–Crippen MR) is 86.0 cm³/mol. The smallest absolute Gasteiger partial charge is 0.206 e. The molecule has 0 saturated heterocycles. The molecule has 5 nitrogen and oxygen atoms in total. The Morgan fingerprint density at radius 1 is 1.23 bits per heavy atom. The molecule has 1 atom stereocenters. The number of fused-ring (bicyclic) bond motifs is 4. The van der Waals surface area contributed by atoms with Crippen molar-refractivity contribution in [2.75, 3.05) is 0 Å². The first-order chi connectivity index (χ1) is 10.8. The quantitative estimate of drug-likeness (QED) is 0.758. The summed E-state index contributed by atoms with van der Waals surface area (Å²) >= 11 is 1.81. The molecule has 1 aliphatic heterocycles. The zero-order chi connectivity index (χ0) is 14.7. The van der Waals surface area contributed by atoms with Gasteiger partial charge in [-0.3, -0.25) is 0 Å². The highest BCUT2D eigenvalue weighted by molar-refractivity contribution is 7.19. The van der Waals surface area contributed by atoms with Gasteiger partial charge in [0, 0.05) is 11.8 Å². The van der Waals surface area contributed by atoms with Crippen LogP contribution in [0.3, 0.4) is 0 Å². The van der Waals surface area contributed by atoms with Gasteiger partial charge in [0.25, 0.3) is 5.82 Å². The third kappa shape index (κ3) is 1.61. The van der Waals surface area contributed by atoms with Crippen LogP contribution in [0, 0.1) is 6.92 Å². The van der Waals surface area contributed by atoms with Crippen LogP contribution in [0.1, 0.15) is 22.7 Å². The summed E-state index contributed by atoms with van der Waals surface area (Å²) in [5.41, 5.74) is 2.49. The SMILES string of the molecule is Cc1nc([N+]2=C3C=CC=C[C@@H]3N=N2)c2c3c(sc2n1)CCC3. The summed E-state index contributed by atoms with van der Waals surface area (Å²) in [5, 5.41) is 9.91. The summed E-state index contributed by atoms with van der Waals surface area (Å²) in [7, 11) is 0. The van der Waals surface area contributed by atoms with Gasteiger partial charge >= 0.3 is 0 Å². The van der Waals surface area contributed by atoms with Crippen molar-refractivity contribution in [3.8, 4) is 0 Å². The molecule has 0 unspecified atom stereocenters. The van der Waals surface area contributed by atoms with Gasteiger partial charge in [0.05, 0.1) is 10.6 Å². The maximum absolute atomic E-state index is 4.71. The molecular formula is C16H14N5S+. The third-order valence-corrected chi connectivity index (χ3v) is 5.53. The van der Waals surface area contributed by atoms with Crippen molar-refractivity contribution >= 4 is 33.1 Å². The van der Waals surface area contributed by atoms with E-state index in [4.69, 9.17) is 4.98 Å². The summed E-state index contributed by atoms with van der Waals surface area (Å²) in [4.78, 5) is 11.9. The van der Waals surface area contributed by atoms with Crippen LogP contribution in [0.25, 0.3) is 10.2 Å². The number of hydrogen-bond donors (Lipinski definition) is 0. The summed E-state index contributed by atoms with van der Waals surface area (Å²) in [6, 6.07) is 0.0157. The van der Waals surface area contributed by atoms with Crippen LogP contribution in [0.4, 0.5) is 5.82 Å². The molecule has 5 rings (SSSR count). The van der Waals surface area contributed by atoms with E-state index in [1.807, 2.05) is 35.1 Å². The Hall–Kier alpha value is -2.21. The number of nitrogens with zero attached hydrogens (tertiary/aromatic N) is 5. The van der Waals surface area contributed by atoms with E-state index in [2.05, 4.69) is 27.5 Å². The lowest BCUT2D eigenvalue weighted by Crippen LogP contribution is -2.19. The molecule has 3 heterocycles. The molecule has 0 bridgehead atoms. The van der Waals surface area contributed by atoms with E-state index in [1.165, 1.54) is 22.2 Å². The number of hydrogen-bond acceptors (Lipinski definition) is 5. The van der Waals surface area contributed by atoms with E-state index in [-0.39, 0.29) is 6.04 Å². The molecule has 6 heteroatoms. The van der Waals surface area contributed by atoms with Crippen molar-refractivity contribution in [2.24, 2.45) is 10.3 Å². The molecule has 108 valence electrons. The van der Waals surface area contributed by atoms with Gasteiger partial charge in [0.1, 0.15) is 4.83 Å². The highest BCUT2D eigenvalue weighted by atomic mass is 32.1. The van der Waals surface area contributed by atoms with Crippen molar-refractivity contribution in [1.29, 1.82) is 0 Å². The fourth-order valence-electron chi connectivity index (χ4n) is 3.37. The normalized spacial score (nSPS) is 22.0. The van der Waals surface area contributed by atoms with Crippen molar-refractivity contribution in [3.63, 3.8) is 0 Å². The second-order valence-corrected chi connectivity index (χ2v) is 6.85. The van der Waals surface area contributed by atoms with Crippen LogP contribution in [0.15, 0.2) is 34.6 Å². The number of aromatic nitrogens is 2. The van der Waals surface area contributed by atoms with E-state index in [9.17, 15) is 0 Å². The van der Waals surface area contributed by atoms with E-state index >= 15 is 0 Å². The Labute approximate surface area is 131 Å². The second-order valence-electron chi connectivity index (χ2n) is 5.76. The Morgan fingerprint density at radius 3 is 3.14 bits per heavy atom. The van der Waals surface area contributed by atoms with Crippen molar-refractivity contribution in [1.82, 2.24) is 9.97 Å². The van der Waals surface area contributed by atoms with Gasteiger partial charge in [-0.25, -0.2) is 4.98 Å². The minimum absolute atomic E-state index is 0.0157. The first-order valence-corrected chi connectivity index (χ1v) is 8.34. The molecule has 2 aromatic rings. The summed E-state index contributed by atoms with van der Waals surface area (Å²) in [6.45, 7) is 1.94. The minimum Gasteiger partial charge on any atom is -0.206 e. The topological polar surface area (TPSA) is 53.5 Å². The molecule has 3 aliphatic rings. The summed E-state index contributed by atoms with van der Waals surface area (Å²) in [6.07, 6.45) is 11.7. The van der Waals surface area contributed by atoms with Gasteiger partial charge in [-0.05, 0) is 42.1 Å². The van der Waals surface area contributed by atoms with Crippen molar-refractivity contribution in [2.45, 2.75) is 32.2 Å². The maximum atomic E-state index is 4.71. The van der Waals surface area contributed by atoms with Crippen LogP contribution >= 0.6 is 11.3 Å². The predicted octanol–water partition coefficient (Wildman–Crippen LogP) is 3.45. The zero-order valence-electron chi connectivity index (χ0n) is 12.2. The Morgan fingerprint density at radius 2 is 2.18 bits per heavy atom. The average molecular weight is 308 g/mol. The number of rotatable bonds is 1. The van der Waals surface area contributed by atoms with Crippen LogP contribution in [-0.4, -0.2) is 26.4 Å². The fraction of sp³-hybridized carbons (Fsp3) is 0.312. The van der Waals surface area contributed by atoms with E-state index < -0.39 is 0 Å². The lowest BCUT2D eigenvalue weighted by Gasteiger charge is -2.04. The van der Waals surface area contributed by atoms with E-state index in [0.29, 0.717) is 0 Å². The molecule has 2 aromatic heterocycles. The third-order valence-electron chi connectivity index (χ3n) is 4.34. The monoisotopic (exact) mass is 308 g/mol. The Bertz CT molecular complexity index is 932. The summed E-state index contributed by atoms with van der Waals surface area (Å²) in [5.74, 6) is 1.68. The Balaban J connectivity index is 1.83. The van der Waals surface area contributed by atoms with Gasteiger partial charge in [-0.15, -0.1) is 16.0 Å². The molecule has 0 radical (unpaired) electrons. The first-order valence-electron chi connectivity index (χ1n) is 7.53. The molecule has 0 aromatic carbocycles. The van der Waals surface area contributed by atoms with Gasteiger partial charge in [0.2, 0.25) is 11.9 Å². The lowest BCUT2D eigenvalue weighted by atomic mass is 10.1. The van der Waals surface area contributed by atoms with Gasteiger partial charge < -0.3 is 0 Å². The first kappa shape index (κ1) is 12.3. The number of aryl methyl sites for hydroxylation is 3. The standard InChI is InChI=1S/C16H14N5S/c1-9-17-15(21-12-7-3-2-6-11(12)19-20-21)14-10-5-4-8-13(10)22-16(14)18-9/h2-3,6-7,11H,4-5,8H2,1H3/q+1/t11-/m0/s1. The van der Waals surface area contributed by atoms with Gasteiger partial charge in [-0.1, -0.05) is 17.1 Å². The number of allylic oxidation sites excluding steroid dienone is 2. The van der Waals surface area contributed by atoms with Crippen molar-refractivity contribution in [3.05, 3.63) is 40.6 Å². The maximum Gasteiger partial charge on any atom is 0.299 e. The highest BCUT2D eigenvalue weighted by Gasteiger charge is 2.33. The van der Waals surface area contributed by atoms with Crippen LogP contribution in [0.2, 0.25) is 0 Å². The van der Waals surface area contributed by atoms with Gasteiger partial charge in [0.15, 0.2) is 5.71 Å². The van der Waals surface area contributed by atoms with Crippen LogP contribution < -0.4 is 0 Å². The molecule has 0 N–H and O–H groups in total. The molecule has 0 fully saturated rings. The molecule has 0 spiro atoms. The molecule has 2 aliphatic carbocycles. The molecule has 22 heavy (non-hydrogen) atoms. The zero-order valence-corrected chi connectivity index (χ0v) is 13.0. The average Bonchev–Trinajstić information content (AvgIpc) is 3.19. The fourth-order valence-corrected chi connectivity index (χ4v) is 4.67. The van der Waals surface area contributed by atoms with Crippen molar-refractivity contribution < 1.29 is 4.68 Å². The van der Waals surface area contributed by atoms with Crippen LogP contribution in [0.5, 0.6) is 0 Å². The Kier molecular flexibility index (Phi) is 2.47. The summed E-state index contributed by atoms with van der Waals surface area (Å²) < 4.78 is 1.90. The molecule has 0 amide bonds. The number of thiophene rings is 1. The van der Waals surface area contributed by atoms with E-state index in [1.54, 1.807) is 0 Å². The highest BCUT2D eigenvalue weighted by Crippen LogP contribution is 2.41. The van der Waals surface area contributed by atoms with Gasteiger partial charge in [-0.2, -0.15) is 0 Å². The molecule has 0 saturated carbocycles. The minimum atomic E-state index is 0.0157. The van der Waals surface area contributed by atoms with Crippen LogP contribution in [-0.2, 0) is 12.8 Å². The second kappa shape index (κ2) is 4.39.